The van der Waals surface area contributed by atoms with Crippen molar-refractivity contribution < 1.29 is 39.3 Å². The molecule has 2 aliphatic rings. The van der Waals surface area contributed by atoms with Crippen molar-refractivity contribution in [1.82, 2.24) is 19.9 Å². The van der Waals surface area contributed by atoms with Crippen molar-refractivity contribution in [1.29, 1.82) is 0 Å². The second-order valence-electron chi connectivity index (χ2n) is 13.6. The topological polar surface area (TPSA) is 129 Å². The minimum absolute atomic E-state index is 0. The number of hydrogen-bond donors (Lipinski definition) is 2. The number of carboxylic acid groups (broad SMARTS) is 2. The number of nitrogens with zero attached hydrogens (tertiary/aromatic N) is 4. The van der Waals surface area contributed by atoms with Crippen LogP contribution in [0.5, 0.6) is 0 Å². The standard InChI is InChI=1S/C50H34N4O4.Zn/c55-49(56)36(50(57)58)23-13-22-35-30-43-46(33-18-9-3-10-19-33)41-27-26-39(52-41)44(31-14-5-1-6-15-31)37-24-25-38(51-37)45(32-16-7-2-8-17-32)40-28-29-42(53-40)47(48(35)54-43)34-20-11-4-12-21-34;/h1-30H,(H4,51,52,53,54,55,56,57,58);/q;+2/p-2/b22-13+,44-37?,44-39?,45-38?,45-40?,46-41?,46-43?,47-42?,48-47?;. The molecule has 0 saturated carbocycles. The van der Waals surface area contributed by atoms with Gasteiger partial charge in [-0.2, -0.15) is 0 Å². The SMILES string of the molecule is O=C(O)C(=C/C=C/c1cc2[n-]c1c(-c1ccccc1)c1nc(c(-c3ccccc3)c3ccc([n-]3)c(-c3ccccc3)c3nc(c2-c2ccccc2)C=C3)C=C1)C(=O)O.[Zn+2]. The third kappa shape index (κ3) is 7.55. The van der Waals surface area contributed by atoms with Crippen LogP contribution in [-0.4, -0.2) is 32.1 Å². The van der Waals surface area contributed by atoms with Crippen LogP contribution in [0, 0.1) is 0 Å². The van der Waals surface area contributed by atoms with Crippen LogP contribution in [0.1, 0.15) is 28.3 Å². The van der Waals surface area contributed by atoms with Crippen molar-refractivity contribution in [3.8, 4) is 44.5 Å². The Balaban J connectivity index is 0.00000484. The second kappa shape index (κ2) is 16.6. The third-order valence-corrected chi connectivity index (χ3v) is 10.00. The van der Waals surface area contributed by atoms with Crippen molar-refractivity contribution in [2.45, 2.75) is 0 Å². The molecule has 0 saturated heterocycles. The Bertz CT molecular complexity index is 3020. The molecular weight excluding hydrogens is 786 g/mol. The maximum absolute atomic E-state index is 11.8. The first kappa shape index (κ1) is 38.4. The summed E-state index contributed by atoms with van der Waals surface area (Å²) >= 11 is 0. The van der Waals surface area contributed by atoms with Gasteiger partial charge in [0.1, 0.15) is 5.57 Å². The van der Waals surface area contributed by atoms with Gasteiger partial charge in [0.2, 0.25) is 0 Å². The molecule has 7 aromatic rings. The van der Waals surface area contributed by atoms with Crippen molar-refractivity contribution in [3.63, 3.8) is 0 Å². The van der Waals surface area contributed by atoms with Crippen LogP contribution in [0.3, 0.4) is 0 Å². The van der Waals surface area contributed by atoms with Crippen LogP contribution in [0.25, 0.3) is 97.0 Å². The average Bonchev–Trinajstić information content (AvgIpc) is 4.09. The number of rotatable bonds is 8. The summed E-state index contributed by atoms with van der Waals surface area (Å²) < 4.78 is 0. The van der Waals surface area contributed by atoms with Gasteiger partial charge in [-0.25, -0.2) is 19.6 Å². The summed E-state index contributed by atoms with van der Waals surface area (Å²) in [6, 6.07) is 46.0. The molecule has 0 radical (unpaired) electrons. The van der Waals surface area contributed by atoms with E-state index in [1.807, 2.05) is 140 Å². The Kier molecular flexibility index (Phi) is 10.8. The van der Waals surface area contributed by atoms with Gasteiger partial charge in [0.05, 0.1) is 22.8 Å². The Morgan fingerprint density at radius 3 is 1.25 bits per heavy atom. The van der Waals surface area contributed by atoms with Crippen molar-refractivity contribution in [2.75, 3.05) is 0 Å². The van der Waals surface area contributed by atoms with E-state index in [-0.39, 0.29) is 19.5 Å². The van der Waals surface area contributed by atoms with Crippen LogP contribution in [0.2, 0.25) is 0 Å². The molecule has 5 heterocycles. The summed E-state index contributed by atoms with van der Waals surface area (Å²) in [5, 5.41) is 19.2. The number of hydrogen-bond acceptors (Lipinski definition) is 4. The molecule has 3 aromatic heterocycles. The van der Waals surface area contributed by atoms with Gasteiger partial charge < -0.3 is 20.2 Å². The molecule has 278 valence electrons. The maximum atomic E-state index is 11.8. The quantitative estimate of drug-likeness (QED) is 0.0510. The summed E-state index contributed by atoms with van der Waals surface area (Å²) in [6.45, 7) is 0. The van der Waals surface area contributed by atoms with E-state index in [2.05, 4.69) is 24.3 Å². The number of aromatic nitrogens is 4. The number of carbonyl (C=O) groups is 2. The van der Waals surface area contributed by atoms with Gasteiger partial charge in [-0.15, -0.1) is 22.1 Å². The largest absolute Gasteiger partial charge is 2.00 e. The van der Waals surface area contributed by atoms with Crippen LogP contribution < -0.4 is 9.97 Å². The third-order valence-electron chi connectivity index (χ3n) is 10.00. The van der Waals surface area contributed by atoms with E-state index in [1.54, 1.807) is 6.08 Å². The Hall–Kier alpha value is -7.48. The van der Waals surface area contributed by atoms with E-state index < -0.39 is 17.5 Å². The minimum atomic E-state index is -1.54. The Morgan fingerprint density at radius 1 is 0.475 bits per heavy atom. The van der Waals surface area contributed by atoms with Gasteiger partial charge in [0.15, 0.2) is 0 Å². The molecule has 0 amide bonds. The zero-order chi connectivity index (χ0) is 39.6. The van der Waals surface area contributed by atoms with Gasteiger partial charge in [0.25, 0.3) is 0 Å². The molecular formula is C50H32N4O4Zn. The fourth-order valence-electron chi connectivity index (χ4n) is 7.40. The van der Waals surface area contributed by atoms with Crippen molar-refractivity contribution in [2.24, 2.45) is 0 Å². The molecule has 0 fully saturated rings. The van der Waals surface area contributed by atoms with Crippen LogP contribution in [-0.2, 0) is 29.1 Å². The second-order valence-corrected chi connectivity index (χ2v) is 13.6. The molecule has 0 unspecified atom stereocenters. The number of fused-ring (bicyclic) bond motifs is 8. The number of benzene rings is 4. The molecule has 9 heteroatoms. The fraction of sp³-hybridized carbons (Fsp3) is 0. The predicted molar refractivity (Wildman–Crippen MR) is 231 cm³/mol. The van der Waals surface area contributed by atoms with Crippen molar-refractivity contribution in [3.05, 3.63) is 186 Å². The zero-order valence-electron chi connectivity index (χ0n) is 31.5. The Morgan fingerprint density at radius 2 is 0.847 bits per heavy atom. The smallest absolute Gasteiger partial charge is 0.657 e. The van der Waals surface area contributed by atoms with E-state index in [1.165, 1.54) is 6.08 Å². The molecule has 0 spiro atoms. The molecule has 2 aliphatic heterocycles. The van der Waals surface area contributed by atoms with Crippen LogP contribution >= 0.6 is 0 Å². The van der Waals surface area contributed by atoms with E-state index in [0.29, 0.717) is 28.0 Å². The predicted octanol–water partition coefficient (Wildman–Crippen LogP) is 10.7. The first-order chi connectivity index (χ1) is 28.4. The van der Waals surface area contributed by atoms with E-state index in [4.69, 9.17) is 19.9 Å². The first-order valence-corrected chi connectivity index (χ1v) is 18.6. The van der Waals surface area contributed by atoms with Gasteiger partial charge in [-0.1, -0.05) is 152 Å². The van der Waals surface area contributed by atoms with Crippen LogP contribution in [0.4, 0.5) is 0 Å². The maximum Gasteiger partial charge on any atom is 2.00 e. The minimum Gasteiger partial charge on any atom is -0.657 e. The number of carboxylic acids is 2. The fourth-order valence-corrected chi connectivity index (χ4v) is 7.40. The Labute approximate surface area is 352 Å². The molecule has 0 atom stereocenters. The van der Waals surface area contributed by atoms with Gasteiger partial charge in [0, 0.05) is 0 Å². The summed E-state index contributed by atoms with van der Waals surface area (Å²) in [7, 11) is 0. The zero-order valence-corrected chi connectivity index (χ0v) is 34.5. The molecule has 0 aliphatic carbocycles. The number of aliphatic carboxylic acids is 2. The molecule has 2 N–H and O–H groups in total. The van der Waals surface area contributed by atoms with E-state index in [0.717, 1.165) is 73.0 Å². The summed E-state index contributed by atoms with van der Waals surface area (Å²) in [6.07, 6.45) is 12.2. The van der Waals surface area contributed by atoms with Gasteiger partial charge >= 0.3 is 31.4 Å². The van der Waals surface area contributed by atoms with Gasteiger partial charge in [-0.3, -0.25) is 0 Å². The van der Waals surface area contributed by atoms with E-state index >= 15 is 0 Å². The molecule has 9 rings (SSSR count). The summed E-state index contributed by atoms with van der Waals surface area (Å²) in [5.74, 6) is -3.08. The molecule has 59 heavy (non-hydrogen) atoms. The normalized spacial score (nSPS) is 11.7. The van der Waals surface area contributed by atoms with Crippen LogP contribution in [0.15, 0.2) is 157 Å². The molecule has 8 bridgehead atoms. The van der Waals surface area contributed by atoms with Gasteiger partial charge in [-0.05, 0) is 80.5 Å². The van der Waals surface area contributed by atoms with E-state index in [9.17, 15) is 19.8 Å². The first-order valence-electron chi connectivity index (χ1n) is 18.6. The monoisotopic (exact) mass is 816 g/mol. The molecule has 4 aromatic carbocycles. The molecule has 8 nitrogen and oxygen atoms in total. The van der Waals surface area contributed by atoms with Crippen molar-refractivity contribution >= 4 is 64.4 Å². The average molecular weight is 818 g/mol. The number of allylic oxidation sites excluding steroid dienone is 2. The summed E-state index contributed by atoms with van der Waals surface area (Å²) in [5.41, 5.74) is 12.3. The summed E-state index contributed by atoms with van der Waals surface area (Å²) in [4.78, 5) is 44.8.